The van der Waals surface area contributed by atoms with E-state index in [0.717, 1.165) is 30.2 Å². The molecule has 0 saturated heterocycles. The van der Waals surface area contributed by atoms with Crippen molar-refractivity contribution in [2.45, 2.75) is 13.0 Å². The number of methoxy groups -OCH3 is 1. The predicted molar refractivity (Wildman–Crippen MR) is 115 cm³/mol. The van der Waals surface area contributed by atoms with Gasteiger partial charge in [-0.15, -0.1) is 35.3 Å². The summed E-state index contributed by atoms with van der Waals surface area (Å²) in [6, 6.07) is 12.1. The van der Waals surface area contributed by atoms with Crippen LogP contribution in [0.4, 0.5) is 0 Å². The highest BCUT2D eigenvalue weighted by Gasteiger charge is 2.02. The summed E-state index contributed by atoms with van der Waals surface area (Å²) in [6.45, 7) is 2.70. The molecule has 0 unspecified atom stereocenters. The first-order valence-electron chi connectivity index (χ1n) is 8.00. The Labute approximate surface area is 170 Å². The summed E-state index contributed by atoms with van der Waals surface area (Å²) in [4.78, 5) is 5.59. The van der Waals surface area contributed by atoms with Gasteiger partial charge in [-0.2, -0.15) is 0 Å². The van der Waals surface area contributed by atoms with E-state index in [1.165, 1.54) is 4.88 Å². The van der Waals surface area contributed by atoms with Gasteiger partial charge >= 0.3 is 0 Å². The van der Waals surface area contributed by atoms with Crippen LogP contribution >= 0.6 is 35.3 Å². The standard InChI is InChI=1S/C18H25N3O2S.HI/c1-19-18(20-10-9-16-7-5-13-24-16)21-11-12-23-14-15-6-3-4-8-17(15)22-2;/h3-8,13H,9-12,14H2,1-2H3,(H2,19,20,21);1H. The molecule has 0 fully saturated rings. The average Bonchev–Trinajstić information content (AvgIpc) is 3.13. The molecule has 0 aliphatic carbocycles. The van der Waals surface area contributed by atoms with Gasteiger partial charge in [-0.05, 0) is 23.9 Å². The number of benzene rings is 1. The largest absolute Gasteiger partial charge is 0.496 e. The zero-order chi connectivity index (χ0) is 17.0. The highest BCUT2D eigenvalue weighted by Crippen LogP contribution is 2.17. The second kappa shape index (κ2) is 13.0. The lowest BCUT2D eigenvalue weighted by Crippen LogP contribution is -2.39. The van der Waals surface area contributed by atoms with E-state index >= 15 is 0 Å². The molecule has 2 aromatic rings. The number of rotatable bonds is 9. The van der Waals surface area contributed by atoms with Crippen molar-refractivity contribution in [3.63, 3.8) is 0 Å². The van der Waals surface area contributed by atoms with Crippen molar-refractivity contribution in [1.82, 2.24) is 10.6 Å². The predicted octanol–water partition coefficient (Wildman–Crippen LogP) is 3.30. The molecule has 0 saturated carbocycles. The average molecular weight is 475 g/mol. The molecule has 25 heavy (non-hydrogen) atoms. The number of ether oxygens (including phenoxy) is 2. The SMILES string of the molecule is CN=C(NCCOCc1ccccc1OC)NCCc1cccs1.I. The monoisotopic (exact) mass is 475 g/mol. The van der Waals surface area contributed by atoms with Gasteiger partial charge in [0.15, 0.2) is 5.96 Å². The summed E-state index contributed by atoms with van der Waals surface area (Å²) in [5.74, 6) is 1.66. The molecule has 1 aromatic heterocycles. The van der Waals surface area contributed by atoms with Crippen LogP contribution in [0, 0.1) is 0 Å². The Bertz CT molecular complexity index is 621. The van der Waals surface area contributed by atoms with Gasteiger partial charge in [-0.1, -0.05) is 24.3 Å². The number of thiophene rings is 1. The molecule has 0 aliphatic rings. The molecule has 5 nitrogen and oxygen atoms in total. The van der Waals surface area contributed by atoms with Crippen LogP contribution in [0.25, 0.3) is 0 Å². The molecule has 1 heterocycles. The molecule has 138 valence electrons. The molecule has 0 amide bonds. The van der Waals surface area contributed by atoms with E-state index in [-0.39, 0.29) is 24.0 Å². The Kier molecular flexibility index (Phi) is 11.3. The van der Waals surface area contributed by atoms with Crippen LogP contribution < -0.4 is 15.4 Å². The minimum Gasteiger partial charge on any atom is -0.496 e. The maximum absolute atomic E-state index is 5.70. The summed E-state index contributed by atoms with van der Waals surface area (Å²) >= 11 is 1.78. The third kappa shape index (κ3) is 8.06. The maximum atomic E-state index is 5.70. The Hall–Kier alpha value is -1.32. The minimum atomic E-state index is 0. The molecule has 0 radical (unpaired) electrons. The highest BCUT2D eigenvalue weighted by molar-refractivity contribution is 14.0. The smallest absolute Gasteiger partial charge is 0.191 e. The van der Waals surface area contributed by atoms with E-state index in [2.05, 4.69) is 33.1 Å². The first-order chi connectivity index (χ1) is 11.8. The first kappa shape index (κ1) is 21.7. The van der Waals surface area contributed by atoms with Crippen molar-refractivity contribution in [2.24, 2.45) is 4.99 Å². The van der Waals surface area contributed by atoms with Gasteiger partial charge in [0.25, 0.3) is 0 Å². The molecule has 7 heteroatoms. The number of para-hydroxylation sites is 1. The van der Waals surface area contributed by atoms with Crippen LogP contribution in [-0.4, -0.2) is 39.8 Å². The van der Waals surface area contributed by atoms with Crippen molar-refractivity contribution in [2.75, 3.05) is 33.9 Å². The van der Waals surface area contributed by atoms with Gasteiger partial charge in [0, 0.05) is 30.6 Å². The summed E-state index contributed by atoms with van der Waals surface area (Å²) < 4.78 is 11.0. The third-order valence-electron chi connectivity index (χ3n) is 3.46. The zero-order valence-electron chi connectivity index (χ0n) is 14.7. The first-order valence-corrected chi connectivity index (χ1v) is 8.88. The van der Waals surface area contributed by atoms with Gasteiger partial charge in [-0.3, -0.25) is 4.99 Å². The number of halogens is 1. The quantitative estimate of drug-likeness (QED) is 0.253. The van der Waals surface area contributed by atoms with Crippen LogP contribution in [-0.2, 0) is 17.8 Å². The molecule has 0 bridgehead atoms. The molecule has 0 aliphatic heterocycles. The van der Waals surface area contributed by atoms with Crippen molar-refractivity contribution in [3.05, 3.63) is 52.2 Å². The van der Waals surface area contributed by atoms with Crippen LogP contribution in [0.3, 0.4) is 0 Å². The molecular weight excluding hydrogens is 449 g/mol. The molecule has 2 rings (SSSR count). The second-order valence-corrected chi connectivity index (χ2v) is 6.15. The topological polar surface area (TPSA) is 54.9 Å². The fourth-order valence-corrected chi connectivity index (χ4v) is 2.93. The van der Waals surface area contributed by atoms with Crippen LogP contribution in [0.5, 0.6) is 5.75 Å². The number of aliphatic imine (C=N–C) groups is 1. The normalized spacial score (nSPS) is 10.9. The van der Waals surface area contributed by atoms with E-state index in [1.807, 2.05) is 24.3 Å². The lowest BCUT2D eigenvalue weighted by molar-refractivity contribution is 0.123. The van der Waals surface area contributed by atoms with Crippen LogP contribution in [0.15, 0.2) is 46.8 Å². The molecule has 0 atom stereocenters. The Balaban J connectivity index is 0.00000312. The maximum Gasteiger partial charge on any atom is 0.191 e. The number of hydrogen-bond donors (Lipinski definition) is 2. The van der Waals surface area contributed by atoms with Crippen LogP contribution in [0.2, 0.25) is 0 Å². The summed E-state index contributed by atoms with van der Waals surface area (Å²) in [5.41, 5.74) is 1.05. The third-order valence-corrected chi connectivity index (χ3v) is 4.39. The minimum absolute atomic E-state index is 0. The van der Waals surface area contributed by atoms with Crippen molar-refractivity contribution < 1.29 is 9.47 Å². The van der Waals surface area contributed by atoms with E-state index in [0.29, 0.717) is 19.8 Å². The molecule has 2 N–H and O–H groups in total. The Morgan fingerprint density at radius 3 is 2.64 bits per heavy atom. The summed E-state index contributed by atoms with van der Waals surface area (Å²) in [6.07, 6.45) is 1.00. The van der Waals surface area contributed by atoms with Crippen molar-refractivity contribution in [1.29, 1.82) is 0 Å². The van der Waals surface area contributed by atoms with Gasteiger partial charge in [-0.25, -0.2) is 0 Å². The number of guanidine groups is 1. The zero-order valence-corrected chi connectivity index (χ0v) is 17.8. The van der Waals surface area contributed by atoms with Crippen molar-refractivity contribution in [3.8, 4) is 5.75 Å². The van der Waals surface area contributed by atoms with Gasteiger partial charge in [0.2, 0.25) is 0 Å². The summed E-state index contributed by atoms with van der Waals surface area (Å²) in [5, 5.41) is 8.65. The Morgan fingerprint density at radius 1 is 1.12 bits per heavy atom. The summed E-state index contributed by atoms with van der Waals surface area (Å²) in [7, 11) is 3.45. The van der Waals surface area contributed by atoms with Crippen molar-refractivity contribution >= 4 is 41.3 Å². The lowest BCUT2D eigenvalue weighted by atomic mass is 10.2. The number of nitrogens with zero attached hydrogens (tertiary/aromatic N) is 1. The van der Waals surface area contributed by atoms with Gasteiger partial charge in [0.1, 0.15) is 5.75 Å². The van der Waals surface area contributed by atoms with Crippen LogP contribution in [0.1, 0.15) is 10.4 Å². The number of hydrogen-bond acceptors (Lipinski definition) is 4. The van der Waals surface area contributed by atoms with Gasteiger partial charge in [0.05, 0.1) is 20.3 Å². The Morgan fingerprint density at radius 2 is 1.92 bits per heavy atom. The fraction of sp³-hybridized carbons (Fsp3) is 0.389. The lowest BCUT2D eigenvalue weighted by Gasteiger charge is -2.12. The number of nitrogens with one attached hydrogen (secondary N) is 2. The fourth-order valence-electron chi connectivity index (χ4n) is 2.23. The van der Waals surface area contributed by atoms with E-state index in [1.54, 1.807) is 25.5 Å². The van der Waals surface area contributed by atoms with Gasteiger partial charge < -0.3 is 20.1 Å². The molecule has 0 spiro atoms. The molecule has 1 aromatic carbocycles. The van der Waals surface area contributed by atoms with E-state index in [4.69, 9.17) is 9.47 Å². The highest BCUT2D eigenvalue weighted by atomic mass is 127. The van der Waals surface area contributed by atoms with E-state index < -0.39 is 0 Å². The second-order valence-electron chi connectivity index (χ2n) is 5.12. The molecular formula is C18H26IN3O2S. The van der Waals surface area contributed by atoms with E-state index in [9.17, 15) is 0 Å².